The van der Waals surface area contributed by atoms with Crippen LogP contribution in [0.1, 0.15) is 12.5 Å². The molecular weight excluding hydrogens is 184 g/mol. The Morgan fingerprint density at radius 1 is 1.38 bits per heavy atom. The van der Waals surface area contributed by atoms with E-state index in [1.807, 2.05) is 6.92 Å². The molecule has 0 saturated heterocycles. The number of rotatable bonds is 2. The van der Waals surface area contributed by atoms with Crippen molar-refractivity contribution in [1.82, 2.24) is 0 Å². The quantitative estimate of drug-likeness (QED) is 0.428. The Kier molecular flexibility index (Phi) is 2.72. The van der Waals surface area contributed by atoms with Crippen molar-refractivity contribution < 1.29 is 4.74 Å². The molecule has 0 bridgehead atoms. The van der Waals surface area contributed by atoms with Gasteiger partial charge in [0, 0.05) is 10.4 Å². The van der Waals surface area contributed by atoms with Crippen LogP contribution in [-0.2, 0) is 0 Å². The highest BCUT2D eigenvalue weighted by atomic mass is 32.1. The first-order valence-electron chi connectivity index (χ1n) is 3.80. The average Bonchev–Trinajstić information content (AvgIpc) is 2.04. The molecule has 3 nitrogen and oxygen atoms in total. The minimum absolute atomic E-state index is 0.502. The summed E-state index contributed by atoms with van der Waals surface area (Å²) in [4.78, 5) is 0.732. The van der Waals surface area contributed by atoms with Crippen molar-refractivity contribution in [3.63, 3.8) is 0 Å². The molecule has 0 atom stereocenters. The number of methoxy groups -OCH3 is 1. The fourth-order valence-corrected chi connectivity index (χ4v) is 1.33. The van der Waals surface area contributed by atoms with Gasteiger partial charge in [-0.25, -0.2) is 0 Å². The molecule has 4 N–H and O–H groups in total. The Morgan fingerprint density at radius 2 is 2.00 bits per heavy atom. The van der Waals surface area contributed by atoms with Crippen LogP contribution in [0.3, 0.4) is 0 Å². The lowest BCUT2D eigenvalue weighted by Crippen LogP contribution is -2.03. The van der Waals surface area contributed by atoms with E-state index in [1.54, 1.807) is 12.1 Å². The summed E-state index contributed by atoms with van der Waals surface area (Å²) in [7, 11) is 1.53. The van der Waals surface area contributed by atoms with Crippen molar-refractivity contribution in [2.45, 2.75) is 6.92 Å². The predicted molar refractivity (Wildman–Crippen MR) is 59.2 cm³/mol. The van der Waals surface area contributed by atoms with Crippen LogP contribution >= 0.6 is 12.2 Å². The highest BCUT2D eigenvalue weighted by Crippen LogP contribution is 2.31. The Labute approximate surface area is 82.7 Å². The van der Waals surface area contributed by atoms with Gasteiger partial charge in [0.15, 0.2) is 5.75 Å². The Morgan fingerprint density at radius 3 is 2.46 bits per heavy atom. The Balaban J connectivity index is 3.35. The van der Waals surface area contributed by atoms with Gasteiger partial charge in [-0.3, -0.25) is 0 Å². The second-order valence-electron chi connectivity index (χ2n) is 2.71. The molecule has 4 heteroatoms. The van der Waals surface area contributed by atoms with Crippen LogP contribution < -0.4 is 16.2 Å². The Hall–Kier alpha value is -1.29. The van der Waals surface area contributed by atoms with E-state index in [0.717, 1.165) is 10.4 Å². The van der Waals surface area contributed by atoms with Gasteiger partial charge < -0.3 is 16.2 Å². The number of hydrogen-bond acceptors (Lipinski definition) is 4. The molecule has 0 aliphatic carbocycles. The first kappa shape index (κ1) is 9.80. The molecule has 0 aromatic heterocycles. The molecular formula is C9H12N2OS. The molecule has 0 amide bonds. The molecule has 0 aliphatic rings. The summed E-state index contributed by atoms with van der Waals surface area (Å²) in [5.74, 6) is 0.502. The zero-order valence-corrected chi connectivity index (χ0v) is 8.44. The standard InChI is InChI=1S/C9H12N2OS/c1-5(13)6-3-4-7(10)9(12-2)8(6)11/h3-4H,10-11H2,1-2H3. The van der Waals surface area contributed by atoms with Gasteiger partial charge in [-0.2, -0.15) is 0 Å². The maximum atomic E-state index is 5.80. The van der Waals surface area contributed by atoms with Crippen LogP contribution in [0.5, 0.6) is 5.75 Å². The van der Waals surface area contributed by atoms with E-state index in [4.69, 9.17) is 28.4 Å². The fraction of sp³-hybridized carbons (Fsp3) is 0.222. The van der Waals surface area contributed by atoms with Gasteiger partial charge in [0.05, 0.1) is 18.5 Å². The number of benzene rings is 1. The highest BCUT2D eigenvalue weighted by molar-refractivity contribution is 7.80. The predicted octanol–water partition coefficient (Wildman–Crippen LogP) is 1.60. The van der Waals surface area contributed by atoms with E-state index in [9.17, 15) is 0 Å². The molecule has 13 heavy (non-hydrogen) atoms. The molecule has 0 heterocycles. The van der Waals surface area contributed by atoms with Gasteiger partial charge in [-0.15, -0.1) is 0 Å². The van der Waals surface area contributed by atoms with Gasteiger partial charge in [0.2, 0.25) is 0 Å². The zero-order valence-electron chi connectivity index (χ0n) is 7.63. The number of anilines is 2. The highest BCUT2D eigenvalue weighted by Gasteiger charge is 2.09. The average molecular weight is 196 g/mol. The third kappa shape index (κ3) is 1.72. The van der Waals surface area contributed by atoms with E-state index in [-0.39, 0.29) is 0 Å². The summed E-state index contributed by atoms with van der Waals surface area (Å²) >= 11 is 5.02. The van der Waals surface area contributed by atoms with Crippen LogP contribution in [0, 0.1) is 0 Å². The third-order valence-corrected chi connectivity index (χ3v) is 2.03. The van der Waals surface area contributed by atoms with E-state index < -0.39 is 0 Å². The smallest absolute Gasteiger partial charge is 0.165 e. The molecule has 0 spiro atoms. The summed E-state index contributed by atoms with van der Waals surface area (Å²) < 4.78 is 5.06. The normalized spacial score (nSPS) is 9.69. The number of thiocarbonyl (C=S) groups is 1. The number of hydrogen-bond donors (Lipinski definition) is 2. The van der Waals surface area contributed by atoms with E-state index >= 15 is 0 Å². The van der Waals surface area contributed by atoms with Gasteiger partial charge >= 0.3 is 0 Å². The number of nitrogen functional groups attached to an aromatic ring is 2. The SMILES string of the molecule is COc1c(N)ccc(C(C)=S)c1N. The summed E-state index contributed by atoms with van der Waals surface area (Å²) in [5, 5.41) is 0. The monoisotopic (exact) mass is 196 g/mol. The van der Waals surface area contributed by atoms with Crippen LogP contribution in [0.25, 0.3) is 0 Å². The van der Waals surface area contributed by atoms with E-state index in [2.05, 4.69) is 0 Å². The molecule has 70 valence electrons. The first-order valence-corrected chi connectivity index (χ1v) is 4.21. The first-order chi connectivity index (χ1) is 6.07. The van der Waals surface area contributed by atoms with E-state index in [0.29, 0.717) is 17.1 Å². The van der Waals surface area contributed by atoms with Crippen LogP contribution in [0.4, 0.5) is 11.4 Å². The van der Waals surface area contributed by atoms with E-state index in [1.165, 1.54) is 7.11 Å². The summed E-state index contributed by atoms with van der Waals surface area (Å²) in [6.45, 7) is 1.82. The van der Waals surface area contributed by atoms with Crippen LogP contribution in [0.2, 0.25) is 0 Å². The summed E-state index contributed by atoms with van der Waals surface area (Å²) in [6, 6.07) is 3.54. The molecule has 0 fully saturated rings. The fourth-order valence-electron chi connectivity index (χ4n) is 1.15. The van der Waals surface area contributed by atoms with Crippen molar-refractivity contribution in [3.8, 4) is 5.75 Å². The van der Waals surface area contributed by atoms with Gasteiger partial charge in [0.25, 0.3) is 0 Å². The molecule has 0 unspecified atom stereocenters. The molecule has 1 rings (SSSR count). The lowest BCUT2D eigenvalue weighted by atomic mass is 10.1. The Bertz CT molecular complexity index is 350. The van der Waals surface area contributed by atoms with Gasteiger partial charge in [0.1, 0.15) is 0 Å². The maximum Gasteiger partial charge on any atom is 0.165 e. The maximum absolute atomic E-state index is 5.80. The number of ether oxygens (including phenoxy) is 1. The molecule has 1 aromatic rings. The molecule has 0 radical (unpaired) electrons. The second-order valence-corrected chi connectivity index (χ2v) is 3.32. The number of nitrogens with two attached hydrogens (primary N) is 2. The van der Waals surface area contributed by atoms with Crippen molar-refractivity contribution in [2.75, 3.05) is 18.6 Å². The molecule has 0 aliphatic heterocycles. The lowest BCUT2D eigenvalue weighted by Gasteiger charge is -2.11. The second kappa shape index (κ2) is 3.62. The van der Waals surface area contributed by atoms with Gasteiger partial charge in [-0.05, 0) is 19.1 Å². The van der Waals surface area contributed by atoms with Crippen molar-refractivity contribution in [3.05, 3.63) is 17.7 Å². The van der Waals surface area contributed by atoms with Crippen molar-refractivity contribution in [2.24, 2.45) is 0 Å². The minimum Gasteiger partial charge on any atom is -0.492 e. The third-order valence-electron chi connectivity index (χ3n) is 1.81. The van der Waals surface area contributed by atoms with Gasteiger partial charge in [-0.1, -0.05) is 12.2 Å². The van der Waals surface area contributed by atoms with Crippen LogP contribution in [-0.4, -0.2) is 12.0 Å². The topological polar surface area (TPSA) is 61.3 Å². The molecule has 1 aromatic carbocycles. The van der Waals surface area contributed by atoms with Crippen molar-refractivity contribution >= 4 is 28.5 Å². The van der Waals surface area contributed by atoms with Crippen LogP contribution in [0.15, 0.2) is 12.1 Å². The van der Waals surface area contributed by atoms with Crippen molar-refractivity contribution in [1.29, 1.82) is 0 Å². The largest absolute Gasteiger partial charge is 0.492 e. The molecule has 0 saturated carbocycles. The lowest BCUT2D eigenvalue weighted by molar-refractivity contribution is 0.419. The summed E-state index contributed by atoms with van der Waals surface area (Å²) in [6.07, 6.45) is 0. The zero-order chi connectivity index (χ0) is 10.0. The summed E-state index contributed by atoms with van der Waals surface area (Å²) in [5.41, 5.74) is 13.3. The minimum atomic E-state index is 0.502.